The number of nitrogens with zero attached hydrogens (tertiary/aromatic N) is 3. The van der Waals surface area contributed by atoms with Crippen LogP contribution in [0.4, 0.5) is 14.6 Å². The number of carbonyl (C=O) groups excluding carboxylic acids is 1. The Kier molecular flexibility index (Phi) is 5.59. The van der Waals surface area contributed by atoms with Crippen LogP contribution < -0.4 is 10.1 Å². The molecule has 10 heteroatoms. The van der Waals surface area contributed by atoms with Crippen LogP contribution in [0.2, 0.25) is 0 Å². The van der Waals surface area contributed by atoms with Gasteiger partial charge in [0, 0.05) is 63.4 Å². The summed E-state index contributed by atoms with van der Waals surface area (Å²) in [5.74, 6) is 0.108. The van der Waals surface area contributed by atoms with Crippen molar-refractivity contribution >= 4 is 22.6 Å². The number of aromatic nitrogens is 3. The van der Waals surface area contributed by atoms with E-state index < -0.39 is 12.2 Å². The van der Waals surface area contributed by atoms with E-state index in [4.69, 9.17) is 19.2 Å². The number of aryl methyl sites for hydroxylation is 1. The van der Waals surface area contributed by atoms with E-state index in [1.54, 1.807) is 19.4 Å². The highest BCUT2D eigenvalue weighted by Crippen LogP contribution is 2.38. The second-order valence-electron chi connectivity index (χ2n) is 7.37. The predicted octanol–water partition coefficient (Wildman–Crippen LogP) is 3.46. The number of methoxy groups -OCH3 is 1. The molecular formula is C21H22F2N4O4. The third kappa shape index (κ3) is 4.08. The molecule has 1 aliphatic rings. The molecule has 0 spiro atoms. The second kappa shape index (κ2) is 8.20. The van der Waals surface area contributed by atoms with Gasteiger partial charge in [-0.15, -0.1) is 0 Å². The molecule has 164 valence electrons. The Morgan fingerprint density at radius 1 is 1.35 bits per heavy atom. The van der Waals surface area contributed by atoms with Gasteiger partial charge in [0.1, 0.15) is 17.2 Å². The summed E-state index contributed by atoms with van der Waals surface area (Å²) in [4.78, 5) is 20.4. The smallest absolute Gasteiger partial charge is 0.387 e. The van der Waals surface area contributed by atoms with E-state index in [-0.39, 0.29) is 18.3 Å². The van der Waals surface area contributed by atoms with E-state index >= 15 is 0 Å². The summed E-state index contributed by atoms with van der Waals surface area (Å²) in [6.45, 7) is -0.847. The molecule has 1 amide bonds. The highest BCUT2D eigenvalue weighted by molar-refractivity contribution is 5.98. The fourth-order valence-corrected chi connectivity index (χ4v) is 3.79. The highest BCUT2D eigenvalue weighted by Gasteiger charge is 2.39. The molecule has 0 aliphatic carbocycles. The van der Waals surface area contributed by atoms with Crippen molar-refractivity contribution in [2.24, 2.45) is 7.05 Å². The summed E-state index contributed by atoms with van der Waals surface area (Å²) >= 11 is 0. The third-order valence-corrected chi connectivity index (χ3v) is 5.32. The standard InChI is InChI=1S/C21H22F2N4O4/c1-12(28)25-19-8-14-15(10-27(2)17(14)9-24-19)16-6-13(31-20(22)23)7-18(26-16)21(29-3)4-5-30-11-21/h6-10,20H,4-5,11H2,1-3H3,(H,24,25,28)/t21-/m0/s1. The molecule has 0 bridgehead atoms. The first-order valence-corrected chi connectivity index (χ1v) is 9.64. The number of alkyl halides is 2. The molecule has 1 fully saturated rings. The van der Waals surface area contributed by atoms with Gasteiger partial charge < -0.3 is 24.1 Å². The fourth-order valence-electron chi connectivity index (χ4n) is 3.79. The van der Waals surface area contributed by atoms with E-state index in [2.05, 4.69) is 10.3 Å². The zero-order valence-corrected chi connectivity index (χ0v) is 17.3. The van der Waals surface area contributed by atoms with E-state index in [1.165, 1.54) is 19.1 Å². The van der Waals surface area contributed by atoms with Gasteiger partial charge in [-0.3, -0.25) is 4.79 Å². The number of halogens is 2. The first kappa shape index (κ1) is 21.1. The lowest BCUT2D eigenvalue weighted by molar-refractivity contribution is -0.114. The number of nitrogens with one attached hydrogen (secondary N) is 1. The van der Waals surface area contributed by atoms with Crippen molar-refractivity contribution in [1.29, 1.82) is 0 Å². The Hall–Kier alpha value is -3.11. The van der Waals surface area contributed by atoms with E-state index in [1.807, 2.05) is 17.8 Å². The lowest BCUT2D eigenvalue weighted by Crippen LogP contribution is -2.30. The van der Waals surface area contributed by atoms with E-state index in [9.17, 15) is 13.6 Å². The van der Waals surface area contributed by atoms with Gasteiger partial charge >= 0.3 is 6.61 Å². The van der Waals surface area contributed by atoms with Crippen LogP contribution in [0.15, 0.2) is 30.6 Å². The van der Waals surface area contributed by atoms with Crippen molar-refractivity contribution in [3.05, 3.63) is 36.3 Å². The van der Waals surface area contributed by atoms with Gasteiger partial charge in [-0.05, 0) is 6.07 Å². The van der Waals surface area contributed by atoms with Crippen molar-refractivity contribution in [3.63, 3.8) is 0 Å². The van der Waals surface area contributed by atoms with E-state index in [0.717, 1.165) is 10.9 Å². The first-order chi connectivity index (χ1) is 14.8. The van der Waals surface area contributed by atoms with Gasteiger partial charge in [-0.1, -0.05) is 0 Å². The van der Waals surface area contributed by atoms with Crippen LogP contribution >= 0.6 is 0 Å². The van der Waals surface area contributed by atoms with Crippen LogP contribution in [-0.2, 0) is 26.9 Å². The Morgan fingerprint density at radius 3 is 2.81 bits per heavy atom. The monoisotopic (exact) mass is 432 g/mol. The fraction of sp³-hybridized carbons (Fsp3) is 0.381. The quantitative estimate of drug-likeness (QED) is 0.642. The molecule has 1 saturated heterocycles. The SMILES string of the molecule is CO[C@@]1(c2cc(OC(F)F)cc(-c3cn(C)c4cnc(NC(C)=O)cc34)n2)CCOC1. The number of rotatable bonds is 6. The zero-order valence-electron chi connectivity index (χ0n) is 17.3. The lowest BCUT2D eigenvalue weighted by Gasteiger charge is -2.26. The van der Waals surface area contributed by atoms with Gasteiger partial charge in [-0.25, -0.2) is 9.97 Å². The molecular weight excluding hydrogens is 410 g/mol. The molecule has 3 aromatic heterocycles. The normalized spacial score (nSPS) is 18.6. The molecule has 1 aliphatic heterocycles. The van der Waals surface area contributed by atoms with Gasteiger partial charge in [0.2, 0.25) is 5.91 Å². The molecule has 31 heavy (non-hydrogen) atoms. The number of anilines is 1. The number of carbonyl (C=O) groups is 1. The minimum atomic E-state index is -2.98. The minimum absolute atomic E-state index is 0.0218. The molecule has 4 heterocycles. The van der Waals surface area contributed by atoms with Gasteiger partial charge in [-0.2, -0.15) is 8.78 Å². The summed E-state index contributed by atoms with van der Waals surface area (Å²) in [6.07, 6.45) is 4.00. The molecule has 8 nitrogen and oxygen atoms in total. The van der Waals surface area contributed by atoms with Crippen LogP contribution in [-0.4, -0.2) is 47.4 Å². The number of hydrogen-bond donors (Lipinski definition) is 1. The molecule has 4 rings (SSSR count). The molecule has 0 unspecified atom stereocenters. The van der Waals surface area contributed by atoms with Gasteiger partial charge in [0.25, 0.3) is 0 Å². The van der Waals surface area contributed by atoms with Crippen molar-refractivity contribution < 1.29 is 27.8 Å². The van der Waals surface area contributed by atoms with Crippen molar-refractivity contribution in [3.8, 4) is 17.0 Å². The number of pyridine rings is 2. The Morgan fingerprint density at radius 2 is 2.16 bits per heavy atom. The summed E-state index contributed by atoms with van der Waals surface area (Å²) < 4.78 is 43.8. The van der Waals surface area contributed by atoms with Crippen LogP contribution in [0.3, 0.4) is 0 Å². The maximum Gasteiger partial charge on any atom is 0.387 e. The molecule has 0 radical (unpaired) electrons. The highest BCUT2D eigenvalue weighted by atomic mass is 19.3. The largest absolute Gasteiger partial charge is 0.435 e. The van der Waals surface area contributed by atoms with E-state index in [0.29, 0.717) is 35.8 Å². The van der Waals surface area contributed by atoms with Gasteiger partial charge in [0.05, 0.1) is 29.7 Å². The van der Waals surface area contributed by atoms with Crippen molar-refractivity contribution in [2.75, 3.05) is 25.6 Å². The molecule has 0 aromatic carbocycles. The Bertz CT molecular complexity index is 1130. The number of fused-ring (bicyclic) bond motifs is 1. The van der Waals surface area contributed by atoms with Crippen LogP contribution in [0.5, 0.6) is 5.75 Å². The molecule has 0 saturated carbocycles. The minimum Gasteiger partial charge on any atom is -0.435 e. The lowest BCUT2D eigenvalue weighted by atomic mass is 9.96. The first-order valence-electron chi connectivity index (χ1n) is 9.64. The van der Waals surface area contributed by atoms with Crippen LogP contribution in [0.25, 0.3) is 22.2 Å². The summed E-state index contributed by atoms with van der Waals surface area (Å²) in [5, 5.41) is 3.41. The van der Waals surface area contributed by atoms with Crippen LogP contribution in [0.1, 0.15) is 19.0 Å². The maximum absolute atomic E-state index is 13.0. The van der Waals surface area contributed by atoms with Crippen molar-refractivity contribution in [1.82, 2.24) is 14.5 Å². The summed E-state index contributed by atoms with van der Waals surface area (Å²) in [6, 6.07) is 4.64. The zero-order chi connectivity index (χ0) is 22.2. The van der Waals surface area contributed by atoms with Gasteiger partial charge in [0.15, 0.2) is 0 Å². The predicted molar refractivity (Wildman–Crippen MR) is 109 cm³/mol. The second-order valence-corrected chi connectivity index (χ2v) is 7.37. The number of ether oxygens (including phenoxy) is 3. The average Bonchev–Trinajstić information content (AvgIpc) is 3.32. The molecule has 1 atom stereocenters. The van der Waals surface area contributed by atoms with Crippen molar-refractivity contribution in [2.45, 2.75) is 25.6 Å². The summed E-state index contributed by atoms with van der Waals surface area (Å²) in [7, 11) is 3.38. The third-order valence-electron chi connectivity index (χ3n) is 5.32. The Balaban J connectivity index is 1.89. The molecule has 1 N–H and O–H groups in total. The number of amides is 1. The topological polar surface area (TPSA) is 87.5 Å². The summed E-state index contributed by atoms with van der Waals surface area (Å²) in [5.41, 5.74) is 1.51. The molecule has 3 aromatic rings. The maximum atomic E-state index is 13.0. The van der Waals surface area contributed by atoms with Crippen LogP contribution in [0, 0.1) is 0 Å². The number of hydrogen-bond acceptors (Lipinski definition) is 6. The Labute approximate surface area is 177 Å². The average molecular weight is 432 g/mol.